The van der Waals surface area contributed by atoms with Crippen molar-refractivity contribution in [3.8, 4) is 0 Å². The van der Waals surface area contributed by atoms with E-state index in [1.165, 1.54) is 11.1 Å². The maximum Gasteiger partial charge on any atom is 0.233 e. The molecular formula is C22H24ClN5. The molecule has 1 fully saturated rings. The number of rotatable bonds is 5. The number of aromatic nitrogens is 3. The van der Waals surface area contributed by atoms with Gasteiger partial charge in [-0.15, -0.1) is 0 Å². The van der Waals surface area contributed by atoms with E-state index in [9.17, 15) is 0 Å². The molecule has 0 saturated carbocycles. The van der Waals surface area contributed by atoms with E-state index in [1.807, 2.05) is 18.2 Å². The van der Waals surface area contributed by atoms with Gasteiger partial charge in [0.25, 0.3) is 0 Å². The van der Waals surface area contributed by atoms with Crippen molar-refractivity contribution >= 4 is 29.2 Å². The number of halogens is 1. The van der Waals surface area contributed by atoms with Gasteiger partial charge in [0.05, 0.1) is 0 Å². The van der Waals surface area contributed by atoms with Crippen LogP contribution in [-0.2, 0) is 6.42 Å². The molecule has 144 valence electrons. The smallest absolute Gasteiger partial charge is 0.233 e. The maximum absolute atomic E-state index is 6.17. The van der Waals surface area contributed by atoms with Crippen molar-refractivity contribution in [3.63, 3.8) is 0 Å². The largest absolute Gasteiger partial charge is 0.341 e. The molecule has 1 aliphatic rings. The minimum atomic E-state index is 0.214. The van der Waals surface area contributed by atoms with E-state index in [0.717, 1.165) is 38.0 Å². The summed E-state index contributed by atoms with van der Waals surface area (Å²) in [7, 11) is 0. The summed E-state index contributed by atoms with van der Waals surface area (Å²) in [5.41, 5.74) is 3.52. The standard InChI is InChI=1S/C22H24ClN5/c1-16-6-5-9-19(14-16)24-21-25-20(23)26-22(27-21)28-12-10-18(11-13-28)15-17-7-3-2-4-8-17/h2-9,14,18H,10-13,15H2,1H3,(H,24,25,26,27). The van der Waals surface area contributed by atoms with Crippen molar-refractivity contribution in [2.45, 2.75) is 26.2 Å². The molecule has 0 unspecified atom stereocenters. The molecule has 6 heteroatoms. The summed E-state index contributed by atoms with van der Waals surface area (Å²) in [6.07, 6.45) is 3.38. The highest BCUT2D eigenvalue weighted by atomic mass is 35.5. The minimum Gasteiger partial charge on any atom is -0.341 e. The van der Waals surface area contributed by atoms with Crippen molar-refractivity contribution in [2.24, 2.45) is 5.92 Å². The van der Waals surface area contributed by atoms with Crippen LogP contribution in [0.4, 0.5) is 17.6 Å². The molecular weight excluding hydrogens is 370 g/mol. The van der Waals surface area contributed by atoms with E-state index in [0.29, 0.717) is 17.8 Å². The zero-order chi connectivity index (χ0) is 19.3. The van der Waals surface area contributed by atoms with Crippen molar-refractivity contribution in [3.05, 3.63) is 71.0 Å². The van der Waals surface area contributed by atoms with Crippen LogP contribution in [0.1, 0.15) is 24.0 Å². The quantitative estimate of drug-likeness (QED) is 0.658. The normalized spacial score (nSPS) is 14.9. The fourth-order valence-electron chi connectivity index (χ4n) is 3.67. The summed E-state index contributed by atoms with van der Waals surface area (Å²) in [6.45, 7) is 3.92. The average Bonchev–Trinajstić information content (AvgIpc) is 2.69. The summed E-state index contributed by atoms with van der Waals surface area (Å²) < 4.78 is 0. The number of hydrogen-bond acceptors (Lipinski definition) is 5. The number of benzene rings is 2. The van der Waals surface area contributed by atoms with Crippen LogP contribution in [0.5, 0.6) is 0 Å². The third-order valence-corrected chi connectivity index (χ3v) is 5.30. The lowest BCUT2D eigenvalue weighted by molar-refractivity contribution is 0.400. The first-order valence-corrected chi connectivity index (χ1v) is 10.1. The lowest BCUT2D eigenvalue weighted by atomic mass is 9.90. The molecule has 1 saturated heterocycles. The Morgan fingerprint density at radius 1 is 1.00 bits per heavy atom. The average molecular weight is 394 g/mol. The van der Waals surface area contributed by atoms with Crippen LogP contribution in [0, 0.1) is 12.8 Å². The van der Waals surface area contributed by atoms with Crippen LogP contribution < -0.4 is 10.2 Å². The third kappa shape index (κ3) is 4.78. The van der Waals surface area contributed by atoms with Gasteiger partial charge in [0.15, 0.2) is 0 Å². The van der Waals surface area contributed by atoms with Gasteiger partial charge in [-0.05, 0) is 67.0 Å². The van der Waals surface area contributed by atoms with Gasteiger partial charge in [-0.25, -0.2) is 0 Å². The van der Waals surface area contributed by atoms with Gasteiger partial charge in [0.2, 0.25) is 17.2 Å². The predicted molar refractivity (Wildman–Crippen MR) is 114 cm³/mol. The summed E-state index contributed by atoms with van der Waals surface area (Å²) in [5, 5.41) is 3.45. The molecule has 0 radical (unpaired) electrons. The van der Waals surface area contributed by atoms with E-state index >= 15 is 0 Å². The monoisotopic (exact) mass is 393 g/mol. The molecule has 0 spiro atoms. The van der Waals surface area contributed by atoms with Gasteiger partial charge in [-0.2, -0.15) is 15.0 Å². The Morgan fingerprint density at radius 2 is 1.79 bits per heavy atom. The highest BCUT2D eigenvalue weighted by molar-refractivity contribution is 6.28. The number of anilines is 3. The summed E-state index contributed by atoms with van der Waals surface area (Å²) in [6, 6.07) is 18.8. The number of nitrogens with one attached hydrogen (secondary N) is 1. The summed E-state index contributed by atoms with van der Waals surface area (Å²) >= 11 is 6.17. The highest BCUT2D eigenvalue weighted by Crippen LogP contribution is 2.25. The second-order valence-corrected chi connectivity index (χ2v) is 7.68. The lowest BCUT2D eigenvalue weighted by Gasteiger charge is -2.32. The van der Waals surface area contributed by atoms with Gasteiger partial charge in [0.1, 0.15) is 0 Å². The number of hydrogen-bond donors (Lipinski definition) is 1. The lowest BCUT2D eigenvalue weighted by Crippen LogP contribution is -2.35. The van der Waals surface area contributed by atoms with E-state index < -0.39 is 0 Å². The molecule has 3 aromatic rings. The van der Waals surface area contributed by atoms with Crippen LogP contribution in [0.25, 0.3) is 0 Å². The van der Waals surface area contributed by atoms with Crippen LogP contribution in [0.2, 0.25) is 5.28 Å². The third-order valence-electron chi connectivity index (χ3n) is 5.14. The zero-order valence-corrected chi connectivity index (χ0v) is 16.7. The molecule has 2 heterocycles. The predicted octanol–water partition coefficient (Wildman–Crippen LogP) is 5.04. The second kappa shape index (κ2) is 8.57. The number of piperidine rings is 1. The minimum absolute atomic E-state index is 0.214. The Morgan fingerprint density at radius 3 is 2.54 bits per heavy atom. The molecule has 0 aliphatic carbocycles. The Bertz CT molecular complexity index is 923. The summed E-state index contributed by atoms with van der Waals surface area (Å²) in [5.74, 6) is 1.82. The van der Waals surface area contributed by atoms with Crippen molar-refractivity contribution < 1.29 is 0 Å². The molecule has 0 atom stereocenters. The van der Waals surface area contributed by atoms with Crippen molar-refractivity contribution in [1.82, 2.24) is 15.0 Å². The molecule has 4 rings (SSSR count). The van der Waals surface area contributed by atoms with E-state index in [1.54, 1.807) is 0 Å². The first-order chi connectivity index (χ1) is 13.7. The molecule has 1 aliphatic heterocycles. The van der Waals surface area contributed by atoms with Crippen LogP contribution in [-0.4, -0.2) is 28.0 Å². The van der Waals surface area contributed by atoms with Crippen molar-refractivity contribution in [1.29, 1.82) is 0 Å². The van der Waals surface area contributed by atoms with Crippen LogP contribution in [0.15, 0.2) is 54.6 Å². The molecule has 5 nitrogen and oxygen atoms in total. The summed E-state index contributed by atoms with van der Waals surface area (Å²) in [4.78, 5) is 15.4. The van der Waals surface area contributed by atoms with Gasteiger partial charge in [-0.3, -0.25) is 0 Å². The molecule has 2 aromatic carbocycles. The molecule has 1 N–H and O–H groups in total. The molecule has 0 bridgehead atoms. The molecule has 0 amide bonds. The molecule has 28 heavy (non-hydrogen) atoms. The first kappa shape index (κ1) is 18.7. The SMILES string of the molecule is Cc1cccc(Nc2nc(Cl)nc(N3CCC(Cc4ccccc4)CC3)n2)c1. The zero-order valence-electron chi connectivity index (χ0n) is 16.0. The van der Waals surface area contributed by atoms with E-state index in [4.69, 9.17) is 11.6 Å². The number of aryl methyl sites for hydroxylation is 1. The van der Waals surface area contributed by atoms with Crippen LogP contribution in [0.3, 0.4) is 0 Å². The fraction of sp³-hybridized carbons (Fsp3) is 0.318. The Hall–Kier alpha value is -2.66. The van der Waals surface area contributed by atoms with Gasteiger partial charge in [-0.1, -0.05) is 42.5 Å². The fourth-order valence-corrected chi connectivity index (χ4v) is 3.83. The van der Waals surface area contributed by atoms with E-state index in [-0.39, 0.29) is 5.28 Å². The Balaban J connectivity index is 1.41. The number of nitrogens with zero attached hydrogens (tertiary/aromatic N) is 4. The Labute approximate surface area is 170 Å². The highest BCUT2D eigenvalue weighted by Gasteiger charge is 2.22. The first-order valence-electron chi connectivity index (χ1n) is 9.70. The van der Waals surface area contributed by atoms with Crippen molar-refractivity contribution in [2.75, 3.05) is 23.3 Å². The second-order valence-electron chi connectivity index (χ2n) is 7.34. The van der Waals surface area contributed by atoms with E-state index in [2.05, 4.69) is 68.5 Å². The van der Waals surface area contributed by atoms with Gasteiger partial charge in [0, 0.05) is 18.8 Å². The topological polar surface area (TPSA) is 53.9 Å². The Kier molecular flexibility index (Phi) is 5.72. The van der Waals surface area contributed by atoms with Gasteiger partial charge < -0.3 is 10.2 Å². The maximum atomic E-state index is 6.17. The molecule has 1 aromatic heterocycles. The van der Waals surface area contributed by atoms with Crippen LogP contribution >= 0.6 is 11.6 Å². The van der Waals surface area contributed by atoms with Gasteiger partial charge >= 0.3 is 0 Å².